The SMILES string of the molecule is CC(C)N(C)CC1(CN)CCCC1. The highest BCUT2D eigenvalue weighted by atomic mass is 15.1. The van der Waals surface area contributed by atoms with Crippen LogP contribution in [0.4, 0.5) is 0 Å². The van der Waals surface area contributed by atoms with Gasteiger partial charge in [0.25, 0.3) is 0 Å². The third kappa shape index (κ3) is 2.68. The molecule has 1 saturated carbocycles. The summed E-state index contributed by atoms with van der Waals surface area (Å²) in [4.78, 5) is 2.43. The molecule has 0 radical (unpaired) electrons. The Kier molecular flexibility index (Phi) is 3.74. The van der Waals surface area contributed by atoms with E-state index in [9.17, 15) is 0 Å². The zero-order chi connectivity index (χ0) is 9.90. The van der Waals surface area contributed by atoms with Crippen molar-refractivity contribution in [3.05, 3.63) is 0 Å². The number of rotatable bonds is 4. The molecule has 1 aliphatic carbocycles. The van der Waals surface area contributed by atoms with E-state index in [0.717, 1.165) is 6.54 Å². The quantitative estimate of drug-likeness (QED) is 0.722. The Morgan fingerprint density at radius 2 is 1.85 bits per heavy atom. The maximum atomic E-state index is 5.89. The fourth-order valence-electron chi connectivity index (χ4n) is 2.26. The summed E-state index contributed by atoms with van der Waals surface area (Å²) in [5, 5.41) is 0. The first-order valence-electron chi connectivity index (χ1n) is 5.50. The molecule has 0 aliphatic heterocycles. The van der Waals surface area contributed by atoms with Gasteiger partial charge in [0.2, 0.25) is 0 Å². The van der Waals surface area contributed by atoms with E-state index in [1.54, 1.807) is 0 Å². The standard InChI is InChI=1S/C11H24N2/c1-10(2)13(3)9-11(8-12)6-4-5-7-11/h10H,4-9,12H2,1-3H3. The van der Waals surface area contributed by atoms with Crippen LogP contribution in [0, 0.1) is 5.41 Å². The predicted molar refractivity (Wildman–Crippen MR) is 57.7 cm³/mol. The second-order valence-electron chi connectivity index (χ2n) is 4.92. The first kappa shape index (κ1) is 11.0. The second-order valence-corrected chi connectivity index (χ2v) is 4.92. The van der Waals surface area contributed by atoms with Crippen LogP contribution >= 0.6 is 0 Å². The van der Waals surface area contributed by atoms with E-state index in [4.69, 9.17) is 5.73 Å². The highest BCUT2D eigenvalue weighted by Crippen LogP contribution is 2.37. The maximum Gasteiger partial charge on any atom is 0.00497 e. The van der Waals surface area contributed by atoms with Gasteiger partial charge < -0.3 is 10.6 Å². The molecule has 2 nitrogen and oxygen atoms in total. The van der Waals surface area contributed by atoms with Gasteiger partial charge in [-0.2, -0.15) is 0 Å². The van der Waals surface area contributed by atoms with E-state index in [2.05, 4.69) is 25.8 Å². The zero-order valence-electron chi connectivity index (χ0n) is 9.34. The van der Waals surface area contributed by atoms with Crippen LogP contribution in [0.2, 0.25) is 0 Å². The fraction of sp³-hybridized carbons (Fsp3) is 1.00. The minimum Gasteiger partial charge on any atom is -0.330 e. The molecule has 1 rings (SSSR count). The lowest BCUT2D eigenvalue weighted by molar-refractivity contribution is 0.157. The van der Waals surface area contributed by atoms with Crippen LogP contribution in [-0.4, -0.2) is 31.1 Å². The molecule has 0 atom stereocenters. The van der Waals surface area contributed by atoms with E-state index >= 15 is 0 Å². The molecule has 2 heteroatoms. The zero-order valence-corrected chi connectivity index (χ0v) is 9.34. The molecule has 0 bridgehead atoms. The van der Waals surface area contributed by atoms with Gasteiger partial charge in [-0.15, -0.1) is 0 Å². The van der Waals surface area contributed by atoms with Crippen LogP contribution in [0.3, 0.4) is 0 Å². The highest BCUT2D eigenvalue weighted by molar-refractivity contribution is 4.88. The molecule has 78 valence electrons. The maximum absolute atomic E-state index is 5.89. The van der Waals surface area contributed by atoms with Crippen molar-refractivity contribution in [2.45, 2.75) is 45.6 Å². The molecule has 1 fully saturated rings. The summed E-state index contributed by atoms with van der Waals surface area (Å²) in [6, 6.07) is 0.643. The summed E-state index contributed by atoms with van der Waals surface area (Å²) in [5.41, 5.74) is 6.33. The van der Waals surface area contributed by atoms with Gasteiger partial charge >= 0.3 is 0 Å². The van der Waals surface area contributed by atoms with Crippen molar-refractivity contribution in [1.29, 1.82) is 0 Å². The molecule has 0 spiro atoms. The van der Waals surface area contributed by atoms with Gasteiger partial charge in [-0.25, -0.2) is 0 Å². The number of hydrogen-bond donors (Lipinski definition) is 1. The third-order valence-corrected chi connectivity index (χ3v) is 3.56. The first-order chi connectivity index (χ1) is 6.09. The summed E-state index contributed by atoms with van der Waals surface area (Å²) in [6.45, 7) is 6.55. The predicted octanol–water partition coefficient (Wildman–Crippen LogP) is 1.85. The summed E-state index contributed by atoms with van der Waals surface area (Å²) in [5.74, 6) is 0. The van der Waals surface area contributed by atoms with E-state index in [-0.39, 0.29) is 0 Å². The average molecular weight is 184 g/mol. The lowest BCUT2D eigenvalue weighted by atomic mass is 9.85. The van der Waals surface area contributed by atoms with Crippen molar-refractivity contribution in [3.8, 4) is 0 Å². The van der Waals surface area contributed by atoms with E-state index < -0.39 is 0 Å². The van der Waals surface area contributed by atoms with Crippen LogP contribution in [-0.2, 0) is 0 Å². The molecule has 0 aromatic rings. The minimum absolute atomic E-state index is 0.443. The van der Waals surface area contributed by atoms with Crippen molar-refractivity contribution in [2.24, 2.45) is 11.1 Å². The van der Waals surface area contributed by atoms with Gasteiger partial charge in [0.1, 0.15) is 0 Å². The van der Waals surface area contributed by atoms with Crippen molar-refractivity contribution in [3.63, 3.8) is 0 Å². The molecule has 13 heavy (non-hydrogen) atoms. The Hall–Kier alpha value is -0.0800. The largest absolute Gasteiger partial charge is 0.330 e. The summed E-state index contributed by atoms with van der Waals surface area (Å²) >= 11 is 0. The van der Waals surface area contributed by atoms with Crippen molar-refractivity contribution in [2.75, 3.05) is 20.1 Å². The molecule has 0 amide bonds. The average Bonchev–Trinajstić information content (AvgIpc) is 2.54. The van der Waals surface area contributed by atoms with Crippen LogP contribution < -0.4 is 5.73 Å². The van der Waals surface area contributed by atoms with E-state index in [0.29, 0.717) is 11.5 Å². The Morgan fingerprint density at radius 1 is 1.31 bits per heavy atom. The number of hydrogen-bond acceptors (Lipinski definition) is 2. The Labute approximate surface area is 82.5 Å². The molecule has 0 aromatic carbocycles. The fourth-order valence-corrected chi connectivity index (χ4v) is 2.26. The van der Waals surface area contributed by atoms with Gasteiger partial charge in [-0.3, -0.25) is 0 Å². The molecular weight excluding hydrogens is 160 g/mol. The number of nitrogens with two attached hydrogens (primary N) is 1. The smallest absolute Gasteiger partial charge is 0.00497 e. The van der Waals surface area contributed by atoms with Crippen molar-refractivity contribution < 1.29 is 0 Å². The molecular formula is C11H24N2. The number of nitrogens with zero attached hydrogens (tertiary/aromatic N) is 1. The van der Waals surface area contributed by atoms with Gasteiger partial charge in [0.15, 0.2) is 0 Å². The Bertz CT molecular complexity index is 148. The molecule has 2 N–H and O–H groups in total. The lowest BCUT2D eigenvalue weighted by Gasteiger charge is -2.34. The van der Waals surface area contributed by atoms with Crippen LogP contribution in [0.5, 0.6) is 0 Å². The monoisotopic (exact) mass is 184 g/mol. The molecule has 0 unspecified atom stereocenters. The molecule has 0 heterocycles. The highest BCUT2D eigenvalue weighted by Gasteiger charge is 2.33. The second kappa shape index (κ2) is 4.43. The lowest BCUT2D eigenvalue weighted by Crippen LogP contribution is -2.41. The van der Waals surface area contributed by atoms with Gasteiger partial charge in [-0.05, 0) is 45.7 Å². The first-order valence-corrected chi connectivity index (χ1v) is 5.50. The summed E-state index contributed by atoms with van der Waals surface area (Å²) in [7, 11) is 2.21. The van der Waals surface area contributed by atoms with Gasteiger partial charge in [0, 0.05) is 12.6 Å². The van der Waals surface area contributed by atoms with E-state index in [1.165, 1.54) is 32.2 Å². The Morgan fingerprint density at radius 3 is 2.23 bits per heavy atom. The third-order valence-electron chi connectivity index (χ3n) is 3.56. The summed E-state index contributed by atoms with van der Waals surface area (Å²) in [6.07, 6.45) is 5.42. The van der Waals surface area contributed by atoms with Gasteiger partial charge in [-0.1, -0.05) is 12.8 Å². The van der Waals surface area contributed by atoms with Crippen LogP contribution in [0.25, 0.3) is 0 Å². The van der Waals surface area contributed by atoms with E-state index in [1.807, 2.05) is 0 Å². The van der Waals surface area contributed by atoms with Crippen LogP contribution in [0.1, 0.15) is 39.5 Å². The van der Waals surface area contributed by atoms with Gasteiger partial charge in [0.05, 0.1) is 0 Å². The van der Waals surface area contributed by atoms with Crippen molar-refractivity contribution >= 4 is 0 Å². The van der Waals surface area contributed by atoms with Crippen LogP contribution in [0.15, 0.2) is 0 Å². The molecule has 0 saturated heterocycles. The summed E-state index contributed by atoms with van der Waals surface area (Å²) < 4.78 is 0. The molecule has 1 aliphatic rings. The topological polar surface area (TPSA) is 29.3 Å². The molecule has 0 aromatic heterocycles. The minimum atomic E-state index is 0.443. The Balaban J connectivity index is 2.48. The normalized spacial score (nSPS) is 21.7. The van der Waals surface area contributed by atoms with Crippen molar-refractivity contribution in [1.82, 2.24) is 4.90 Å².